The summed E-state index contributed by atoms with van der Waals surface area (Å²) in [5, 5.41) is 10.5. The third kappa shape index (κ3) is 4.33. The Morgan fingerprint density at radius 2 is 2.00 bits per heavy atom. The van der Waals surface area contributed by atoms with Crippen LogP contribution in [-0.4, -0.2) is 51.2 Å². The highest BCUT2D eigenvalue weighted by molar-refractivity contribution is 5.77. The second-order valence-electron chi connectivity index (χ2n) is 6.60. The minimum atomic E-state index is -0.162. The van der Waals surface area contributed by atoms with E-state index in [0.29, 0.717) is 36.2 Å². The lowest BCUT2D eigenvalue weighted by molar-refractivity contribution is 0.209. The Labute approximate surface area is 157 Å². The highest BCUT2D eigenvalue weighted by atomic mass is 16.2. The molecule has 142 valence electrons. The number of urea groups is 1. The number of aromatic nitrogens is 4. The number of carbonyl (C=O) groups excluding carboxylic acids is 1. The molecule has 0 aliphatic carbocycles. The molecule has 0 unspecified atom stereocenters. The first-order valence-corrected chi connectivity index (χ1v) is 8.93. The van der Waals surface area contributed by atoms with Crippen molar-refractivity contribution in [3.05, 3.63) is 57.4 Å². The van der Waals surface area contributed by atoms with Crippen LogP contribution >= 0.6 is 0 Å². The van der Waals surface area contributed by atoms with Crippen LogP contribution in [0.15, 0.2) is 29.1 Å². The lowest BCUT2D eigenvalue weighted by atomic mass is 10.1. The summed E-state index contributed by atoms with van der Waals surface area (Å²) >= 11 is 0. The van der Waals surface area contributed by atoms with Gasteiger partial charge in [0.1, 0.15) is 5.82 Å². The van der Waals surface area contributed by atoms with E-state index in [4.69, 9.17) is 0 Å². The summed E-state index contributed by atoms with van der Waals surface area (Å²) in [5.41, 5.74) is 3.64. The van der Waals surface area contributed by atoms with Gasteiger partial charge in [0.25, 0.3) is 5.56 Å². The van der Waals surface area contributed by atoms with Gasteiger partial charge in [-0.3, -0.25) is 9.89 Å². The monoisotopic (exact) mass is 368 g/mol. The first-order chi connectivity index (χ1) is 13.0. The van der Waals surface area contributed by atoms with E-state index in [1.54, 1.807) is 24.1 Å². The molecule has 2 heterocycles. The highest BCUT2D eigenvalue weighted by Gasteiger charge is 2.12. The zero-order chi connectivity index (χ0) is 19.4. The molecule has 3 N–H and O–H groups in total. The molecule has 2 amide bonds. The number of carbonyl (C=O) groups is 1. The number of para-hydroxylation sites is 1. The number of fused-ring (bicyclic) bond motifs is 1. The number of nitrogens with zero attached hydrogens (tertiary/aromatic N) is 3. The van der Waals surface area contributed by atoms with Gasteiger partial charge in [-0.05, 0) is 38.0 Å². The molecule has 8 nitrogen and oxygen atoms in total. The van der Waals surface area contributed by atoms with Crippen LogP contribution in [0.2, 0.25) is 0 Å². The maximum absolute atomic E-state index is 12.2. The number of nitrogens with one attached hydrogen (secondary N) is 3. The number of amides is 2. The van der Waals surface area contributed by atoms with Crippen LogP contribution in [0.4, 0.5) is 4.79 Å². The first-order valence-electron chi connectivity index (χ1n) is 8.93. The summed E-state index contributed by atoms with van der Waals surface area (Å²) in [6.45, 7) is 4.93. The van der Waals surface area contributed by atoms with E-state index in [2.05, 4.69) is 25.5 Å². The van der Waals surface area contributed by atoms with Crippen LogP contribution < -0.4 is 10.9 Å². The van der Waals surface area contributed by atoms with Crippen LogP contribution in [0.5, 0.6) is 0 Å². The van der Waals surface area contributed by atoms with Gasteiger partial charge in [0.05, 0.1) is 16.6 Å². The Morgan fingerprint density at radius 3 is 2.74 bits per heavy atom. The van der Waals surface area contributed by atoms with E-state index >= 15 is 0 Å². The fourth-order valence-corrected chi connectivity index (χ4v) is 3.00. The van der Waals surface area contributed by atoms with E-state index in [9.17, 15) is 9.59 Å². The molecule has 0 saturated heterocycles. The third-order valence-corrected chi connectivity index (χ3v) is 4.62. The molecule has 0 spiro atoms. The minimum Gasteiger partial charge on any atom is -0.338 e. The quantitative estimate of drug-likeness (QED) is 0.615. The number of aromatic amines is 2. The number of H-pyrrole nitrogens is 2. The SMILES string of the molecule is Cc1n[nH]c(C)c1CCN(C)C(=O)NCCc1nc2ccccc2c(=O)[nH]1. The van der Waals surface area contributed by atoms with Gasteiger partial charge in [-0.1, -0.05) is 12.1 Å². The standard InChI is InChI=1S/C19H24N6O2/c1-12-14(13(2)24-23-12)9-11-25(3)19(27)20-10-8-17-21-16-7-5-4-6-15(16)18(26)22-17/h4-7H,8-11H2,1-3H3,(H,20,27)(H,23,24)(H,21,22,26). The van der Waals surface area contributed by atoms with Gasteiger partial charge >= 0.3 is 6.03 Å². The van der Waals surface area contributed by atoms with Crippen molar-refractivity contribution in [1.82, 2.24) is 30.4 Å². The van der Waals surface area contributed by atoms with E-state index < -0.39 is 0 Å². The lowest BCUT2D eigenvalue weighted by Gasteiger charge is -2.18. The van der Waals surface area contributed by atoms with Gasteiger partial charge in [-0.25, -0.2) is 9.78 Å². The van der Waals surface area contributed by atoms with Crippen molar-refractivity contribution in [3.8, 4) is 0 Å². The number of rotatable bonds is 6. The predicted octanol–water partition coefficient (Wildman–Crippen LogP) is 1.69. The molecular weight excluding hydrogens is 344 g/mol. The van der Waals surface area contributed by atoms with Gasteiger partial charge in [-0.2, -0.15) is 5.10 Å². The van der Waals surface area contributed by atoms with E-state index in [1.807, 2.05) is 26.0 Å². The molecule has 0 bridgehead atoms. The summed E-state index contributed by atoms with van der Waals surface area (Å²) in [4.78, 5) is 33.1. The van der Waals surface area contributed by atoms with Gasteiger partial charge in [-0.15, -0.1) is 0 Å². The molecule has 0 aliphatic heterocycles. The van der Waals surface area contributed by atoms with Crippen molar-refractivity contribution < 1.29 is 4.79 Å². The zero-order valence-corrected chi connectivity index (χ0v) is 15.8. The summed E-state index contributed by atoms with van der Waals surface area (Å²) in [6, 6.07) is 7.04. The Hall–Kier alpha value is -3.16. The molecule has 2 aromatic heterocycles. The molecule has 27 heavy (non-hydrogen) atoms. The van der Waals surface area contributed by atoms with Gasteiger partial charge in [0.15, 0.2) is 0 Å². The Kier molecular flexibility index (Phi) is 5.54. The Balaban J connectivity index is 1.51. The normalized spacial score (nSPS) is 10.9. The third-order valence-electron chi connectivity index (χ3n) is 4.62. The average molecular weight is 368 g/mol. The second-order valence-corrected chi connectivity index (χ2v) is 6.60. The molecule has 0 fully saturated rings. The van der Waals surface area contributed by atoms with Gasteiger partial charge in [0, 0.05) is 32.3 Å². The van der Waals surface area contributed by atoms with Crippen molar-refractivity contribution >= 4 is 16.9 Å². The number of aryl methyl sites for hydroxylation is 2. The largest absolute Gasteiger partial charge is 0.338 e. The summed E-state index contributed by atoms with van der Waals surface area (Å²) in [5.74, 6) is 0.561. The number of likely N-dealkylation sites (N-methyl/N-ethyl adjacent to an activating group) is 1. The minimum absolute atomic E-state index is 0.156. The van der Waals surface area contributed by atoms with E-state index in [0.717, 1.165) is 23.4 Å². The highest BCUT2D eigenvalue weighted by Crippen LogP contribution is 2.10. The van der Waals surface area contributed by atoms with Crippen LogP contribution in [-0.2, 0) is 12.8 Å². The number of benzene rings is 1. The van der Waals surface area contributed by atoms with Crippen molar-refractivity contribution in [2.75, 3.05) is 20.1 Å². The number of hydrogen-bond donors (Lipinski definition) is 3. The van der Waals surface area contributed by atoms with Crippen LogP contribution in [0.1, 0.15) is 22.8 Å². The smallest absolute Gasteiger partial charge is 0.317 e. The van der Waals surface area contributed by atoms with Crippen molar-refractivity contribution in [1.29, 1.82) is 0 Å². The van der Waals surface area contributed by atoms with Crippen LogP contribution in [0, 0.1) is 13.8 Å². The van der Waals surface area contributed by atoms with Crippen LogP contribution in [0.25, 0.3) is 10.9 Å². The summed E-state index contributed by atoms with van der Waals surface area (Å²) in [7, 11) is 1.76. The molecule has 0 saturated carbocycles. The molecule has 0 aliphatic rings. The zero-order valence-electron chi connectivity index (χ0n) is 15.8. The average Bonchev–Trinajstić information content (AvgIpc) is 2.97. The fraction of sp³-hybridized carbons (Fsp3) is 0.368. The number of hydrogen-bond acceptors (Lipinski definition) is 4. The van der Waals surface area contributed by atoms with Crippen molar-refractivity contribution in [2.45, 2.75) is 26.7 Å². The Morgan fingerprint density at radius 1 is 1.22 bits per heavy atom. The topological polar surface area (TPSA) is 107 Å². The summed E-state index contributed by atoms with van der Waals surface area (Å²) in [6.07, 6.45) is 1.21. The maximum atomic E-state index is 12.2. The van der Waals surface area contributed by atoms with Gasteiger partial charge in [0.2, 0.25) is 0 Å². The van der Waals surface area contributed by atoms with Crippen molar-refractivity contribution in [3.63, 3.8) is 0 Å². The fourth-order valence-electron chi connectivity index (χ4n) is 3.00. The predicted molar refractivity (Wildman–Crippen MR) is 104 cm³/mol. The first kappa shape index (κ1) is 18.6. The molecule has 0 atom stereocenters. The lowest BCUT2D eigenvalue weighted by Crippen LogP contribution is -2.39. The molecule has 3 aromatic rings. The molecular formula is C19H24N6O2. The maximum Gasteiger partial charge on any atom is 0.317 e. The molecule has 0 radical (unpaired) electrons. The van der Waals surface area contributed by atoms with Gasteiger partial charge < -0.3 is 15.2 Å². The molecule has 1 aromatic carbocycles. The van der Waals surface area contributed by atoms with E-state index in [-0.39, 0.29) is 11.6 Å². The second kappa shape index (κ2) is 8.03. The van der Waals surface area contributed by atoms with E-state index in [1.165, 1.54) is 0 Å². The Bertz CT molecular complexity index is 987. The summed E-state index contributed by atoms with van der Waals surface area (Å²) < 4.78 is 0. The molecule has 8 heteroatoms. The van der Waals surface area contributed by atoms with Crippen molar-refractivity contribution in [2.24, 2.45) is 0 Å². The van der Waals surface area contributed by atoms with Crippen LogP contribution in [0.3, 0.4) is 0 Å². The molecule has 3 rings (SSSR count).